The Balaban J connectivity index is 1.30. The Morgan fingerprint density at radius 2 is 1.05 bits per heavy atom. The Labute approximate surface area is 366 Å². The fourth-order valence-electron chi connectivity index (χ4n) is 10.3. The average Bonchev–Trinajstić information content (AvgIpc) is 4.11. The highest BCUT2D eigenvalue weighted by Crippen LogP contribution is 2.54. The van der Waals surface area contributed by atoms with Crippen molar-refractivity contribution in [1.82, 2.24) is 28.5 Å². The first-order chi connectivity index (χ1) is 29.9. The van der Waals surface area contributed by atoms with E-state index < -0.39 is 68.5 Å². The molecule has 0 spiro atoms. The second kappa shape index (κ2) is 15.3. The molecular formula is C49H52N6O8. The summed E-state index contributed by atoms with van der Waals surface area (Å²) in [6, 6.07) is 17.0. The number of benzene rings is 2. The van der Waals surface area contributed by atoms with Crippen LogP contribution in [0.1, 0.15) is 71.1 Å². The molecule has 0 unspecified atom stereocenters. The summed E-state index contributed by atoms with van der Waals surface area (Å²) in [6.45, 7) is 11.4. The number of aromatic nitrogens is 2. The lowest BCUT2D eigenvalue weighted by Gasteiger charge is -2.36. The number of allylic oxidation sites excluding steroid dienone is 8. The van der Waals surface area contributed by atoms with Crippen molar-refractivity contribution in [2.75, 3.05) is 13.1 Å². The molecular weight excluding hydrogens is 801 g/mol. The Bertz CT molecular complexity index is 2540. The van der Waals surface area contributed by atoms with Crippen molar-refractivity contribution in [3.05, 3.63) is 149 Å². The third kappa shape index (κ3) is 7.01. The second-order valence-electron chi connectivity index (χ2n) is 19.0. The molecule has 2 saturated heterocycles. The maximum absolute atomic E-state index is 16.0. The topological polar surface area (TPSA) is 157 Å². The van der Waals surface area contributed by atoms with Gasteiger partial charge in [-0.2, -0.15) is 0 Å². The molecule has 2 fully saturated rings. The van der Waals surface area contributed by atoms with E-state index in [0.717, 1.165) is 20.9 Å². The van der Waals surface area contributed by atoms with Crippen molar-refractivity contribution in [3.63, 3.8) is 0 Å². The van der Waals surface area contributed by atoms with Gasteiger partial charge in [0.25, 0.3) is 11.6 Å². The highest BCUT2D eigenvalue weighted by molar-refractivity contribution is 6.06. The van der Waals surface area contributed by atoms with Crippen LogP contribution in [0.15, 0.2) is 132 Å². The minimum Gasteiger partial charge on any atom is -0.530 e. The Kier molecular flexibility index (Phi) is 10.2. The zero-order valence-corrected chi connectivity index (χ0v) is 36.4. The van der Waals surface area contributed by atoms with E-state index in [1.165, 1.54) is 0 Å². The minimum absolute atomic E-state index is 0.0499. The van der Waals surface area contributed by atoms with Crippen LogP contribution < -0.4 is 19.2 Å². The molecule has 63 heavy (non-hydrogen) atoms. The number of hydrogen-bond donors (Lipinski definition) is 0. The van der Waals surface area contributed by atoms with Gasteiger partial charge in [0, 0.05) is 81.0 Å². The summed E-state index contributed by atoms with van der Waals surface area (Å²) >= 11 is 0. The molecule has 9 rings (SSSR count). The summed E-state index contributed by atoms with van der Waals surface area (Å²) in [7, 11) is 0. The van der Waals surface area contributed by atoms with E-state index in [-0.39, 0.29) is 38.9 Å². The number of amides is 4. The predicted octanol–water partition coefficient (Wildman–Crippen LogP) is 5.10. The van der Waals surface area contributed by atoms with Gasteiger partial charge >= 0.3 is 11.8 Å². The molecule has 4 amide bonds. The van der Waals surface area contributed by atoms with Gasteiger partial charge in [0.15, 0.2) is 22.8 Å². The van der Waals surface area contributed by atoms with Crippen LogP contribution >= 0.6 is 0 Å². The van der Waals surface area contributed by atoms with Gasteiger partial charge in [-0.1, -0.05) is 60.7 Å². The lowest BCUT2D eigenvalue weighted by Crippen LogP contribution is -2.60. The first-order valence-electron chi connectivity index (χ1n) is 21.5. The Hall–Kier alpha value is -6.19. The molecule has 1 aromatic heterocycles. The number of nitrogens with zero attached hydrogens (tertiary/aromatic N) is 6. The Morgan fingerprint density at radius 3 is 1.46 bits per heavy atom. The zero-order chi connectivity index (χ0) is 44.6. The number of likely N-dealkylation sites (tertiary alicyclic amines) is 2. The Morgan fingerprint density at radius 1 is 0.635 bits per heavy atom. The van der Waals surface area contributed by atoms with Gasteiger partial charge in [-0.15, -0.1) is 14.1 Å². The first kappa shape index (κ1) is 42.1. The number of rotatable bonds is 10. The third-order valence-corrected chi connectivity index (χ3v) is 12.5. The minimum atomic E-state index is -1.48. The highest BCUT2D eigenvalue weighted by atomic mass is 16.5. The van der Waals surface area contributed by atoms with Crippen LogP contribution in [0.25, 0.3) is 0 Å². The largest absolute Gasteiger partial charge is 0.530 e. The molecule has 0 aliphatic carbocycles. The van der Waals surface area contributed by atoms with Crippen LogP contribution in [0.2, 0.25) is 0 Å². The van der Waals surface area contributed by atoms with Gasteiger partial charge in [-0.25, -0.2) is 14.3 Å². The highest BCUT2D eigenvalue weighted by Gasteiger charge is 2.64. The summed E-state index contributed by atoms with van der Waals surface area (Å²) in [5.74, 6) is -0.141. The van der Waals surface area contributed by atoms with Crippen LogP contribution in [0, 0.1) is 0 Å². The number of carboxylic acid groups (broad SMARTS) is 2. The summed E-state index contributed by atoms with van der Waals surface area (Å²) < 4.78 is 13.3. The smallest absolute Gasteiger partial charge is 0.352 e. The molecule has 0 N–H and O–H groups in total. The summed E-state index contributed by atoms with van der Waals surface area (Å²) in [6.07, 6.45) is 11.2. The van der Waals surface area contributed by atoms with Crippen molar-refractivity contribution in [1.29, 1.82) is 0 Å². The van der Waals surface area contributed by atoms with Crippen LogP contribution in [0.4, 0.5) is 21.2 Å². The van der Waals surface area contributed by atoms with Crippen molar-refractivity contribution < 1.29 is 38.9 Å². The number of carbonyl (C=O) groups is 4. The standard InChI is InChI=1S/C49H52N6O8/c1-48(2,3)62-37-26-40(51(29-37)46(58)59)44(56)54(33-17-18-34(54)20-19-33)42-39(25-31-13-9-7-10-14-31)43(53(50-42)28-32-15-11-8-12-16-32)55(35-21-22-36(55)24-23-35)45(57)41-27-38(63-49(4,5)6)30-52(41)47(60)61/h7-24,37-38,40-41H,25-30H2,1-6H3/t37-,38-,40+,41+/m1/s1. The lowest BCUT2D eigenvalue weighted by molar-refractivity contribution is -0.267. The lowest BCUT2D eigenvalue weighted by atomic mass is 10.0. The second-order valence-corrected chi connectivity index (χ2v) is 19.0. The normalized spacial score (nSPS) is 23.9. The molecule has 0 saturated carbocycles. The molecule has 6 aliphatic heterocycles. The molecule has 4 bridgehead atoms. The fraction of sp³-hybridized carbons (Fsp3) is 0.367. The van der Waals surface area contributed by atoms with Gasteiger partial charge in [-0.3, -0.25) is 0 Å². The van der Waals surface area contributed by atoms with Crippen molar-refractivity contribution in [2.24, 2.45) is 0 Å². The van der Waals surface area contributed by atoms with Crippen LogP contribution in [0.3, 0.4) is 0 Å². The summed E-state index contributed by atoms with van der Waals surface area (Å²) in [5.41, 5.74) is 3.38. The number of ether oxygens (including phenoxy) is 2. The van der Waals surface area contributed by atoms with Crippen LogP contribution in [-0.4, -0.2) is 92.2 Å². The van der Waals surface area contributed by atoms with E-state index in [2.05, 4.69) is 0 Å². The van der Waals surface area contributed by atoms with Gasteiger partial charge in [0.2, 0.25) is 0 Å². The average molecular weight is 853 g/mol. The van der Waals surface area contributed by atoms with E-state index in [1.807, 2.05) is 151 Å². The van der Waals surface area contributed by atoms with E-state index in [0.29, 0.717) is 40.0 Å². The molecule has 14 nitrogen and oxygen atoms in total. The molecule has 4 atom stereocenters. The number of quaternary nitrogens is 2. The predicted molar refractivity (Wildman–Crippen MR) is 231 cm³/mol. The monoisotopic (exact) mass is 852 g/mol. The van der Waals surface area contributed by atoms with E-state index >= 15 is 9.59 Å². The zero-order valence-electron chi connectivity index (χ0n) is 36.4. The number of fused-ring (bicyclic) bond motifs is 4. The van der Waals surface area contributed by atoms with Gasteiger partial charge in [0.05, 0.1) is 30.0 Å². The van der Waals surface area contributed by atoms with Crippen molar-refractivity contribution in [3.8, 4) is 0 Å². The molecule has 6 aliphatic rings. The molecule has 326 valence electrons. The molecule has 3 aromatic rings. The van der Waals surface area contributed by atoms with E-state index in [1.54, 1.807) is 4.68 Å². The van der Waals surface area contributed by atoms with E-state index in [4.69, 9.17) is 14.6 Å². The third-order valence-electron chi connectivity index (χ3n) is 12.5. The summed E-state index contributed by atoms with van der Waals surface area (Å²) in [4.78, 5) is 60.0. The van der Waals surface area contributed by atoms with E-state index in [9.17, 15) is 19.8 Å². The maximum Gasteiger partial charge on any atom is 0.352 e. The van der Waals surface area contributed by atoms with Gasteiger partial charge in [0.1, 0.15) is 29.8 Å². The van der Waals surface area contributed by atoms with Crippen molar-refractivity contribution in [2.45, 2.75) is 103 Å². The number of hydrogen-bond acceptors (Lipinski definition) is 9. The van der Waals surface area contributed by atoms with Crippen LogP contribution in [0.5, 0.6) is 0 Å². The van der Waals surface area contributed by atoms with Crippen molar-refractivity contribution >= 4 is 35.6 Å². The fourth-order valence-corrected chi connectivity index (χ4v) is 10.3. The summed E-state index contributed by atoms with van der Waals surface area (Å²) in [5, 5.41) is 31.4. The molecule has 14 heteroatoms. The molecule has 7 heterocycles. The maximum atomic E-state index is 16.0. The van der Waals surface area contributed by atoms with Crippen LogP contribution in [-0.2, 0) is 32.0 Å². The first-order valence-corrected chi connectivity index (χ1v) is 21.5. The van der Waals surface area contributed by atoms with Gasteiger partial charge < -0.3 is 39.1 Å². The molecule has 0 radical (unpaired) electrons. The van der Waals surface area contributed by atoms with Gasteiger partial charge in [-0.05, 0) is 52.7 Å². The SMILES string of the molecule is CC(C)(C)O[C@@H]1C[C@@H](C(=O)[N+]2(c3nn(Cc4ccccc4)c([N+]4(C(=O)[C@@H]5C[C@@H](OC(C)(C)C)CN5C(=O)[O-])C5=CC=C4C=C5)c3Cc3ccccc3)C3=CC=C2C=C3)N(C(=O)[O-])C1. The number of carbonyl (C=O) groups excluding carboxylic acids is 4. The quantitative estimate of drug-likeness (QED) is 0.254. The molecule has 2 aromatic carbocycles.